The molecule has 0 aromatic heterocycles. The third-order valence-corrected chi connectivity index (χ3v) is 3.17. The van der Waals surface area contributed by atoms with Gasteiger partial charge in [0.05, 0.1) is 0 Å². The molecule has 1 aliphatic rings. The first kappa shape index (κ1) is 13.5. The minimum Gasteiger partial charge on any atom is -0.348 e. The highest BCUT2D eigenvalue weighted by Gasteiger charge is 2.21. The summed E-state index contributed by atoms with van der Waals surface area (Å²) in [6.45, 7) is 3.34. The van der Waals surface area contributed by atoms with Crippen LogP contribution in [0.1, 0.15) is 23.7 Å². The van der Waals surface area contributed by atoms with Crippen LogP contribution >= 0.6 is 0 Å². The van der Waals surface area contributed by atoms with E-state index in [1.807, 2.05) is 7.05 Å². The van der Waals surface area contributed by atoms with Crippen LogP contribution in [0.25, 0.3) is 0 Å². The van der Waals surface area contributed by atoms with Crippen LogP contribution in [0.4, 0.5) is 5.69 Å². The first-order valence-corrected chi connectivity index (χ1v) is 6.41. The maximum absolute atomic E-state index is 12.1. The minimum absolute atomic E-state index is 0.0903. The van der Waals surface area contributed by atoms with Gasteiger partial charge in [0.15, 0.2) is 0 Å². The highest BCUT2D eigenvalue weighted by Crippen LogP contribution is 2.12. The number of carbonyl (C=O) groups is 2. The smallest absolute Gasteiger partial charge is 0.251 e. The lowest BCUT2D eigenvalue weighted by Gasteiger charge is -2.13. The zero-order chi connectivity index (χ0) is 13.8. The van der Waals surface area contributed by atoms with Gasteiger partial charge in [0.1, 0.15) is 0 Å². The summed E-state index contributed by atoms with van der Waals surface area (Å²) in [6.07, 6.45) is 0.980. The number of amides is 2. The van der Waals surface area contributed by atoms with Gasteiger partial charge in [0.2, 0.25) is 5.91 Å². The molecule has 5 heteroatoms. The average Bonchev–Trinajstić information content (AvgIpc) is 2.74. The fourth-order valence-electron chi connectivity index (χ4n) is 2.26. The molecule has 1 aromatic carbocycles. The van der Waals surface area contributed by atoms with E-state index >= 15 is 0 Å². The van der Waals surface area contributed by atoms with E-state index in [0.717, 1.165) is 19.5 Å². The summed E-state index contributed by atoms with van der Waals surface area (Å²) in [5.74, 6) is -0.234. The van der Waals surface area contributed by atoms with E-state index in [4.69, 9.17) is 0 Å². The average molecular weight is 261 g/mol. The summed E-state index contributed by atoms with van der Waals surface area (Å²) in [5.41, 5.74) is 1.21. The molecule has 5 nitrogen and oxygen atoms in total. The Morgan fingerprint density at radius 1 is 1.37 bits per heavy atom. The van der Waals surface area contributed by atoms with Gasteiger partial charge < -0.3 is 15.5 Å². The van der Waals surface area contributed by atoms with Crippen molar-refractivity contribution in [2.75, 3.05) is 25.5 Å². The number of hydrogen-bond donors (Lipinski definition) is 2. The summed E-state index contributed by atoms with van der Waals surface area (Å²) >= 11 is 0. The predicted molar refractivity (Wildman–Crippen MR) is 74.1 cm³/mol. The van der Waals surface area contributed by atoms with Crippen molar-refractivity contribution in [2.24, 2.45) is 0 Å². The molecule has 1 aliphatic heterocycles. The topological polar surface area (TPSA) is 61.4 Å². The molecule has 19 heavy (non-hydrogen) atoms. The van der Waals surface area contributed by atoms with Crippen molar-refractivity contribution in [1.82, 2.24) is 10.2 Å². The van der Waals surface area contributed by atoms with Crippen LogP contribution in [0.5, 0.6) is 0 Å². The van der Waals surface area contributed by atoms with Crippen molar-refractivity contribution in [3.63, 3.8) is 0 Å². The molecule has 1 fully saturated rings. The van der Waals surface area contributed by atoms with Crippen LogP contribution in [0.2, 0.25) is 0 Å². The second kappa shape index (κ2) is 5.84. The summed E-state index contributed by atoms with van der Waals surface area (Å²) in [6, 6.07) is 7.18. The molecule has 1 atom stereocenters. The Bertz CT molecular complexity index is 487. The van der Waals surface area contributed by atoms with Crippen molar-refractivity contribution in [3.8, 4) is 0 Å². The first-order valence-electron chi connectivity index (χ1n) is 6.41. The van der Waals surface area contributed by atoms with E-state index in [1.165, 1.54) is 6.92 Å². The summed E-state index contributed by atoms with van der Waals surface area (Å²) < 4.78 is 0. The zero-order valence-electron chi connectivity index (χ0n) is 11.3. The third-order valence-electron chi connectivity index (χ3n) is 3.17. The van der Waals surface area contributed by atoms with Crippen molar-refractivity contribution < 1.29 is 9.59 Å². The van der Waals surface area contributed by atoms with Crippen molar-refractivity contribution in [3.05, 3.63) is 29.8 Å². The molecule has 0 spiro atoms. The van der Waals surface area contributed by atoms with Crippen molar-refractivity contribution >= 4 is 17.5 Å². The van der Waals surface area contributed by atoms with Crippen LogP contribution in [0, 0.1) is 0 Å². The number of likely N-dealkylation sites (N-methyl/N-ethyl adjacent to an activating group) is 1. The van der Waals surface area contributed by atoms with Gasteiger partial charge in [0.25, 0.3) is 5.91 Å². The lowest BCUT2D eigenvalue weighted by atomic mass is 10.1. The molecule has 2 N–H and O–H groups in total. The number of nitrogens with one attached hydrogen (secondary N) is 2. The standard InChI is InChI=1S/C14H19N3O2/c1-10(18)15-12-5-3-4-11(8-12)14(19)16-13-6-7-17(2)9-13/h3-5,8,13H,6-7,9H2,1-2H3,(H,15,18)(H,16,19). The van der Waals surface area contributed by atoms with Crippen LogP contribution in [0.15, 0.2) is 24.3 Å². The molecule has 1 saturated heterocycles. The third kappa shape index (κ3) is 3.79. The molecule has 2 rings (SSSR count). The molecule has 2 amide bonds. The molecule has 0 aliphatic carbocycles. The Balaban J connectivity index is 2.00. The van der Waals surface area contributed by atoms with Gasteiger partial charge in [-0.2, -0.15) is 0 Å². The van der Waals surface area contributed by atoms with E-state index < -0.39 is 0 Å². The second-order valence-corrected chi connectivity index (χ2v) is 4.98. The van der Waals surface area contributed by atoms with Crippen molar-refractivity contribution in [2.45, 2.75) is 19.4 Å². The van der Waals surface area contributed by atoms with Crippen LogP contribution in [-0.2, 0) is 4.79 Å². The Labute approximate surface area is 113 Å². The highest BCUT2D eigenvalue weighted by molar-refractivity contribution is 5.96. The van der Waals surface area contributed by atoms with Gasteiger partial charge in [0, 0.05) is 30.8 Å². The largest absolute Gasteiger partial charge is 0.348 e. The second-order valence-electron chi connectivity index (χ2n) is 4.98. The number of hydrogen-bond acceptors (Lipinski definition) is 3. The van der Waals surface area contributed by atoms with E-state index in [-0.39, 0.29) is 17.9 Å². The maximum atomic E-state index is 12.1. The summed E-state index contributed by atoms with van der Waals surface area (Å²) in [4.78, 5) is 25.3. The number of anilines is 1. The number of rotatable bonds is 3. The molecule has 1 unspecified atom stereocenters. The Morgan fingerprint density at radius 2 is 2.16 bits per heavy atom. The molecular formula is C14H19N3O2. The van der Waals surface area contributed by atoms with E-state index in [0.29, 0.717) is 11.3 Å². The number of nitrogens with zero attached hydrogens (tertiary/aromatic N) is 1. The lowest BCUT2D eigenvalue weighted by Crippen LogP contribution is -2.36. The van der Waals surface area contributed by atoms with Crippen LogP contribution in [0.3, 0.4) is 0 Å². The maximum Gasteiger partial charge on any atom is 0.251 e. The number of benzene rings is 1. The Hall–Kier alpha value is -1.88. The van der Waals surface area contributed by atoms with Crippen molar-refractivity contribution in [1.29, 1.82) is 0 Å². The van der Waals surface area contributed by atoms with E-state index in [9.17, 15) is 9.59 Å². The molecule has 102 valence electrons. The molecule has 0 bridgehead atoms. The van der Waals surface area contributed by atoms with E-state index in [1.54, 1.807) is 24.3 Å². The monoisotopic (exact) mass is 261 g/mol. The number of carbonyl (C=O) groups excluding carboxylic acids is 2. The van der Waals surface area contributed by atoms with Gasteiger partial charge in [-0.3, -0.25) is 9.59 Å². The van der Waals surface area contributed by atoms with Gasteiger partial charge >= 0.3 is 0 Å². The Kier molecular flexibility index (Phi) is 4.16. The Morgan fingerprint density at radius 3 is 2.79 bits per heavy atom. The summed E-state index contributed by atoms with van der Waals surface area (Å²) in [7, 11) is 2.05. The summed E-state index contributed by atoms with van der Waals surface area (Å²) in [5, 5.41) is 5.69. The SMILES string of the molecule is CC(=O)Nc1cccc(C(=O)NC2CCN(C)C2)c1. The van der Waals surface area contributed by atoms with Gasteiger partial charge in [-0.25, -0.2) is 0 Å². The van der Waals surface area contributed by atoms with E-state index in [2.05, 4.69) is 15.5 Å². The number of likely N-dealkylation sites (tertiary alicyclic amines) is 1. The fourth-order valence-corrected chi connectivity index (χ4v) is 2.26. The van der Waals surface area contributed by atoms with Crippen LogP contribution < -0.4 is 10.6 Å². The fraction of sp³-hybridized carbons (Fsp3) is 0.429. The molecule has 1 aromatic rings. The normalized spacial score (nSPS) is 19.2. The van der Waals surface area contributed by atoms with Crippen LogP contribution in [-0.4, -0.2) is 42.9 Å². The van der Waals surface area contributed by atoms with Gasteiger partial charge in [-0.05, 0) is 38.2 Å². The predicted octanol–water partition coefficient (Wildman–Crippen LogP) is 1.08. The minimum atomic E-state index is -0.144. The molecule has 1 heterocycles. The van der Waals surface area contributed by atoms with Gasteiger partial charge in [-0.15, -0.1) is 0 Å². The van der Waals surface area contributed by atoms with Gasteiger partial charge in [-0.1, -0.05) is 6.07 Å². The highest BCUT2D eigenvalue weighted by atomic mass is 16.2. The first-order chi connectivity index (χ1) is 9.04. The zero-order valence-corrected chi connectivity index (χ0v) is 11.3. The molecule has 0 saturated carbocycles. The molecule has 0 radical (unpaired) electrons. The molecular weight excluding hydrogens is 242 g/mol. The quantitative estimate of drug-likeness (QED) is 0.856. The lowest BCUT2D eigenvalue weighted by molar-refractivity contribution is -0.114.